The van der Waals surface area contributed by atoms with Crippen LogP contribution in [-0.4, -0.2) is 5.11 Å². The van der Waals surface area contributed by atoms with Gasteiger partial charge in [-0.05, 0) is 6.07 Å². The van der Waals surface area contributed by atoms with Crippen LogP contribution in [0.2, 0.25) is 0 Å². The first-order valence-electron chi connectivity index (χ1n) is 2.77. The number of benzene rings is 1. The number of halogens is 2. The highest BCUT2D eigenvalue weighted by Gasteiger charge is 1.99. The van der Waals surface area contributed by atoms with E-state index >= 15 is 0 Å². The third-order valence-electron chi connectivity index (χ3n) is 1.18. The van der Waals surface area contributed by atoms with Crippen molar-refractivity contribution in [3.8, 4) is 5.75 Å². The van der Waals surface area contributed by atoms with Gasteiger partial charge in [0.1, 0.15) is 11.6 Å². The van der Waals surface area contributed by atoms with E-state index in [0.29, 0.717) is 5.56 Å². The maximum atomic E-state index is 12.6. The van der Waals surface area contributed by atoms with Gasteiger partial charge in [0.15, 0.2) is 0 Å². The molecule has 0 spiro atoms. The van der Waals surface area contributed by atoms with Crippen LogP contribution in [0.15, 0.2) is 18.2 Å². The van der Waals surface area contributed by atoms with Crippen LogP contribution in [0.25, 0.3) is 0 Å². The fraction of sp³-hybridized carbons (Fsp3) is 0.143. The molecule has 1 N–H and O–H groups in total. The van der Waals surface area contributed by atoms with Gasteiger partial charge in [-0.15, -0.1) is 11.6 Å². The van der Waals surface area contributed by atoms with Gasteiger partial charge >= 0.3 is 0 Å². The van der Waals surface area contributed by atoms with E-state index in [-0.39, 0.29) is 11.6 Å². The Morgan fingerprint density at radius 3 is 2.70 bits per heavy atom. The molecule has 1 nitrogen and oxygen atoms in total. The van der Waals surface area contributed by atoms with E-state index < -0.39 is 5.82 Å². The maximum Gasteiger partial charge on any atom is 0.131 e. The molecular weight excluding hydrogens is 155 g/mol. The molecule has 0 aromatic heterocycles. The lowest BCUT2D eigenvalue weighted by molar-refractivity contribution is 0.468. The van der Waals surface area contributed by atoms with Crippen LogP contribution in [0.4, 0.5) is 4.39 Å². The molecule has 0 aliphatic carbocycles. The molecule has 0 aliphatic rings. The van der Waals surface area contributed by atoms with E-state index in [1.165, 1.54) is 12.1 Å². The lowest BCUT2D eigenvalue weighted by atomic mass is 10.2. The fourth-order valence-corrected chi connectivity index (χ4v) is 0.861. The second kappa shape index (κ2) is 2.88. The first-order valence-corrected chi connectivity index (χ1v) is 3.31. The minimum atomic E-state index is -0.463. The minimum Gasteiger partial charge on any atom is -0.508 e. The van der Waals surface area contributed by atoms with E-state index in [0.717, 1.165) is 6.07 Å². The zero-order chi connectivity index (χ0) is 7.56. The lowest BCUT2D eigenvalue weighted by Gasteiger charge is -1.96. The van der Waals surface area contributed by atoms with E-state index in [1.807, 2.05) is 0 Å². The summed E-state index contributed by atoms with van der Waals surface area (Å²) in [4.78, 5) is 0. The van der Waals surface area contributed by atoms with Gasteiger partial charge in [-0.3, -0.25) is 0 Å². The summed E-state index contributed by atoms with van der Waals surface area (Å²) in [6, 6.07) is 3.90. The predicted molar refractivity (Wildman–Crippen MR) is 37.6 cm³/mol. The van der Waals surface area contributed by atoms with Crippen molar-refractivity contribution in [3.05, 3.63) is 29.6 Å². The van der Waals surface area contributed by atoms with Gasteiger partial charge in [-0.1, -0.05) is 6.07 Å². The Morgan fingerprint density at radius 1 is 1.50 bits per heavy atom. The van der Waals surface area contributed by atoms with Crippen LogP contribution >= 0.6 is 11.6 Å². The van der Waals surface area contributed by atoms with E-state index in [9.17, 15) is 4.39 Å². The molecule has 0 heterocycles. The molecule has 0 fully saturated rings. The second-order valence-corrected chi connectivity index (χ2v) is 2.18. The van der Waals surface area contributed by atoms with Crippen LogP contribution in [0.1, 0.15) is 5.56 Å². The van der Waals surface area contributed by atoms with Crippen molar-refractivity contribution in [2.75, 3.05) is 0 Å². The highest BCUT2D eigenvalue weighted by atomic mass is 35.5. The molecule has 1 aromatic carbocycles. The average molecular weight is 161 g/mol. The topological polar surface area (TPSA) is 20.2 Å². The number of aromatic hydroxyl groups is 1. The predicted octanol–water partition coefficient (Wildman–Crippen LogP) is 2.27. The molecule has 0 radical (unpaired) electrons. The Kier molecular flexibility index (Phi) is 2.12. The van der Waals surface area contributed by atoms with Gasteiger partial charge < -0.3 is 5.11 Å². The molecular formula is C7H6ClFO. The minimum absolute atomic E-state index is 0.0774. The largest absolute Gasteiger partial charge is 0.508 e. The third-order valence-corrected chi connectivity index (χ3v) is 1.47. The normalized spacial score (nSPS) is 9.80. The van der Waals surface area contributed by atoms with Gasteiger partial charge in [0.05, 0.1) is 5.88 Å². The van der Waals surface area contributed by atoms with Gasteiger partial charge in [-0.2, -0.15) is 0 Å². The molecule has 0 aliphatic heterocycles. The number of hydrogen-bond donors (Lipinski definition) is 1. The summed E-state index contributed by atoms with van der Waals surface area (Å²) in [5, 5.41) is 8.75. The van der Waals surface area contributed by atoms with Crippen molar-refractivity contribution in [2.45, 2.75) is 5.88 Å². The van der Waals surface area contributed by atoms with Crippen molar-refractivity contribution >= 4 is 11.6 Å². The summed E-state index contributed by atoms with van der Waals surface area (Å²) in [5.74, 6) is -0.409. The highest BCUT2D eigenvalue weighted by Crippen LogP contribution is 2.15. The lowest BCUT2D eigenvalue weighted by Crippen LogP contribution is -1.83. The van der Waals surface area contributed by atoms with Crippen molar-refractivity contribution in [1.29, 1.82) is 0 Å². The molecule has 3 heteroatoms. The fourth-order valence-electron chi connectivity index (χ4n) is 0.645. The molecule has 1 aromatic rings. The highest BCUT2D eigenvalue weighted by molar-refractivity contribution is 6.17. The number of alkyl halides is 1. The van der Waals surface area contributed by atoms with Gasteiger partial charge in [-0.25, -0.2) is 4.39 Å². The Labute approximate surface area is 63.1 Å². The van der Waals surface area contributed by atoms with Crippen LogP contribution in [0.3, 0.4) is 0 Å². The maximum absolute atomic E-state index is 12.6. The Morgan fingerprint density at radius 2 is 2.20 bits per heavy atom. The van der Waals surface area contributed by atoms with Crippen molar-refractivity contribution in [3.63, 3.8) is 0 Å². The first kappa shape index (κ1) is 7.35. The third kappa shape index (κ3) is 1.39. The SMILES string of the molecule is Oc1ccc(CCl)c(F)c1. The summed E-state index contributed by atoms with van der Waals surface area (Å²) in [5.41, 5.74) is 0.402. The smallest absolute Gasteiger partial charge is 0.131 e. The Bertz CT molecular complexity index is 237. The summed E-state index contributed by atoms with van der Waals surface area (Å²) < 4.78 is 12.6. The number of rotatable bonds is 1. The number of phenols is 1. The molecule has 0 saturated carbocycles. The Hall–Kier alpha value is -0.760. The average Bonchev–Trinajstić information content (AvgIpc) is 1.88. The molecule has 1 rings (SSSR count). The van der Waals surface area contributed by atoms with Gasteiger partial charge in [0.2, 0.25) is 0 Å². The quantitative estimate of drug-likeness (QED) is 0.625. The Balaban J connectivity index is 3.07. The number of hydrogen-bond acceptors (Lipinski definition) is 1. The molecule has 0 saturated heterocycles. The molecule has 0 amide bonds. The van der Waals surface area contributed by atoms with E-state index in [1.54, 1.807) is 0 Å². The molecule has 54 valence electrons. The van der Waals surface area contributed by atoms with Crippen molar-refractivity contribution < 1.29 is 9.50 Å². The molecule has 0 bridgehead atoms. The first-order chi connectivity index (χ1) is 4.74. The van der Waals surface area contributed by atoms with Gasteiger partial charge in [0, 0.05) is 11.6 Å². The van der Waals surface area contributed by atoms with Crippen molar-refractivity contribution in [2.24, 2.45) is 0 Å². The summed E-state index contributed by atoms with van der Waals surface area (Å²) in [6.45, 7) is 0. The van der Waals surface area contributed by atoms with Crippen molar-refractivity contribution in [1.82, 2.24) is 0 Å². The standard InChI is InChI=1S/C7H6ClFO/c8-4-5-1-2-6(10)3-7(5)9/h1-3,10H,4H2. The van der Waals surface area contributed by atoms with Gasteiger partial charge in [0.25, 0.3) is 0 Å². The summed E-state index contributed by atoms with van der Waals surface area (Å²) in [6.07, 6.45) is 0. The van der Waals surface area contributed by atoms with Crippen LogP contribution in [-0.2, 0) is 5.88 Å². The van der Waals surface area contributed by atoms with Crippen LogP contribution in [0.5, 0.6) is 5.75 Å². The van der Waals surface area contributed by atoms with Crippen LogP contribution < -0.4 is 0 Å². The van der Waals surface area contributed by atoms with E-state index in [2.05, 4.69) is 0 Å². The monoisotopic (exact) mass is 160 g/mol. The molecule has 0 unspecified atom stereocenters. The molecule has 0 atom stereocenters. The molecule has 10 heavy (non-hydrogen) atoms. The van der Waals surface area contributed by atoms with E-state index in [4.69, 9.17) is 16.7 Å². The zero-order valence-corrected chi connectivity index (χ0v) is 5.90. The summed E-state index contributed by atoms with van der Waals surface area (Å²) in [7, 11) is 0. The zero-order valence-electron chi connectivity index (χ0n) is 5.14. The summed E-state index contributed by atoms with van der Waals surface area (Å²) >= 11 is 5.36. The van der Waals surface area contributed by atoms with Crippen LogP contribution in [0, 0.1) is 5.82 Å². The number of phenolic OH excluding ortho intramolecular Hbond substituents is 1. The second-order valence-electron chi connectivity index (χ2n) is 1.91.